The number of aliphatic hydroxyl groups is 1. The summed E-state index contributed by atoms with van der Waals surface area (Å²) in [4.78, 5) is 21.1. The number of nitrogens with zero attached hydrogens (tertiary/aromatic N) is 1. The van der Waals surface area contributed by atoms with Gasteiger partial charge in [-0.05, 0) is 11.6 Å². The zero-order valence-electron chi connectivity index (χ0n) is 9.42. The Morgan fingerprint density at radius 3 is 2.94 bits per heavy atom. The summed E-state index contributed by atoms with van der Waals surface area (Å²) in [6.07, 6.45) is 1.71. The van der Waals surface area contributed by atoms with E-state index in [1.54, 1.807) is 18.5 Å². The molecule has 3 atom stereocenters. The molecule has 2 rings (SSSR count). The van der Waals surface area contributed by atoms with Crippen LogP contribution in [-0.2, 0) is 13.8 Å². The molecule has 0 bridgehead atoms. The van der Waals surface area contributed by atoms with Crippen molar-refractivity contribution in [2.45, 2.75) is 24.7 Å². The highest BCUT2D eigenvalue weighted by atomic mass is 31.2. The number of hydrogen-bond acceptors (Lipinski definition) is 5. The Labute approximate surface area is 104 Å². The molecule has 18 heavy (non-hydrogen) atoms. The molecule has 0 radical (unpaired) electrons. The summed E-state index contributed by atoms with van der Waals surface area (Å²) >= 11 is 0. The van der Waals surface area contributed by atoms with Crippen LogP contribution in [0.4, 0.5) is 0 Å². The quantitative estimate of drug-likeness (QED) is 0.681. The van der Waals surface area contributed by atoms with Gasteiger partial charge in [0.15, 0.2) is 0 Å². The molecule has 0 spiro atoms. The Kier molecular flexibility index (Phi) is 4.11. The predicted octanol–water partition coefficient (Wildman–Crippen LogP) is 0.382. The Bertz CT molecular complexity index is 435. The van der Waals surface area contributed by atoms with E-state index in [1.165, 1.54) is 0 Å². The number of hydrogen-bond donors (Lipinski definition) is 3. The maximum Gasteiger partial charge on any atom is 0.469 e. The molecule has 0 aliphatic carbocycles. The van der Waals surface area contributed by atoms with Crippen molar-refractivity contribution in [3.05, 3.63) is 30.1 Å². The highest BCUT2D eigenvalue weighted by molar-refractivity contribution is 7.46. The minimum absolute atomic E-state index is 0.334. The molecule has 1 aliphatic rings. The van der Waals surface area contributed by atoms with E-state index in [0.29, 0.717) is 6.42 Å². The molecule has 2 heterocycles. The number of ether oxygens (including phenoxy) is 1. The second-order valence-corrected chi connectivity index (χ2v) is 5.28. The summed E-state index contributed by atoms with van der Waals surface area (Å²) in [6.45, 7) is -0.345. The molecule has 1 aromatic heterocycles. The number of aromatic nitrogens is 1. The molecule has 3 N–H and O–H groups in total. The van der Waals surface area contributed by atoms with Gasteiger partial charge < -0.3 is 19.6 Å². The first-order valence-corrected chi connectivity index (χ1v) is 6.92. The number of aliphatic hydroxyl groups excluding tert-OH is 1. The van der Waals surface area contributed by atoms with Crippen LogP contribution in [0.25, 0.3) is 0 Å². The lowest BCUT2D eigenvalue weighted by molar-refractivity contribution is -0.0222. The molecule has 7 nitrogen and oxygen atoms in total. The third-order valence-electron chi connectivity index (χ3n) is 2.69. The van der Waals surface area contributed by atoms with Crippen molar-refractivity contribution in [1.29, 1.82) is 0 Å². The van der Waals surface area contributed by atoms with Crippen molar-refractivity contribution >= 4 is 7.82 Å². The molecule has 1 fully saturated rings. The van der Waals surface area contributed by atoms with Crippen LogP contribution in [0.1, 0.15) is 18.1 Å². The van der Waals surface area contributed by atoms with E-state index in [1.807, 2.05) is 6.07 Å². The van der Waals surface area contributed by atoms with E-state index in [4.69, 9.17) is 14.5 Å². The van der Waals surface area contributed by atoms with Gasteiger partial charge in [-0.1, -0.05) is 6.07 Å². The van der Waals surface area contributed by atoms with E-state index < -0.39 is 20.0 Å². The van der Waals surface area contributed by atoms with Crippen molar-refractivity contribution < 1.29 is 28.7 Å². The highest BCUT2D eigenvalue weighted by Crippen LogP contribution is 2.39. The number of phosphoric ester groups is 1. The van der Waals surface area contributed by atoms with Gasteiger partial charge in [0.2, 0.25) is 0 Å². The van der Waals surface area contributed by atoms with Gasteiger partial charge in [0.25, 0.3) is 0 Å². The Morgan fingerprint density at radius 1 is 1.56 bits per heavy atom. The average molecular weight is 275 g/mol. The topological polar surface area (TPSA) is 109 Å². The van der Waals surface area contributed by atoms with E-state index in [2.05, 4.69) is 9.51 Å². The number of pyridine rings is 1. The van der Waals surface area contributed by atoms with Crippen molar-refractivity contribution in [1.82, 2.24) is 4.98 Å². The van der Waals surface area contributed by atoms with Gasteiger partial charge in [-0.15, -0.1) is 0 Å². The van der Waals surface area contributed by atoms with Gasteiger partial charge in [-0.2, -0.15) is 0 Å². The first-order valence-electron chi connectivity index (χ1n) is 5.39. The van der Waals surface area contributed by atoms with Crippen LogP contribution in [0.15, 0.2) is 24.5 Å². The molecule has 0 aromatic carbocycles. The number of phosphoric acid groups is 1. The highest BCUT2D eigenvalue weighted by Gasteiger charge is 2.36. The largest absolute Gasteiger partial charge is 0.469 e. The Balaban J connectivity index is 1.95. The van der Waals surface area contributed by atoms with Gasteiger partial charge in [-0.3, -0.25) is 9.51 Å². The lowest BCUT2D eigenvalue weighted by Crippen LogP contribution is -2.25. The summed E-state index contributed by atoms with van der Waals surface area (Å²) < 4.78 is 20.4. The van der Waals surface area contributed by atoms with Crippen LogP contribution >= 0.6 is 7.82 Å². The van der Waals surface area contributed by atoms with Crippen LogP contribution in [0.5, 0.6) is 0 Å². The molecule has 0 saturated carbocycles. The molecular weight excluding hydrogens is 261 g/mol. The van der Waals surface area contributed by atoms with Crippen molar-refractivity contribution in [3.8, 4) is 0 Å². The monoisotopic (exact) mass is 275 g/mol. The summed E-state index contributed by atoms with van der Waals surface area (Å²) in [5.41, 5.74) is 0.815. The van der Waals surface area contributed by atoms with Crippen LogP contribution in [0.2, 0.25) is 0 Å². The summed E-state index contributed by atoms with van der Waals surface area (Å²) in [5.74, 6) is 0. The fourth-order valence-electron chi connectivity index (χ4n) is 1.83. The third kappa shape index (κ3) is 3.58. The zero-order valence-corrected chi connectivity index (χ0v) is 10.3. The maximum absolute atomic E-state index is 10.6. The third-order valence-corrected chi connectivity index (χ3v) is 3.17. The second-order valence-electron chi connectivity index (χ2n) is 4.04. The average Bonchev–Trinajstić information content (AvgIpc) is 2.68. The summed E-state index contributed by atoms with van der Waals surface area (Å²) in [6, 6.07) is 3.57. The van der Waals surface area contributed by atoms with Gasteiger partial charge in [-0.25, -0.2) is 4.57 Å². The number of rotatable bonds is 4. The molecule has 1 aromatic rings. The Hall–Kier alpha value is -0.820. The molecule has 8 heteroatoms. The first-order chi connectivity index (χ1) is 8.46. The van der Waals surface area contributed by atoms with Gasteiger partial charge in [0.05, 0.1) is 18.8 Å². The van der Waals surface area contributed by atoms with Gasteiger partial charge in [0.1, 0.15) is 6.10 Å². The smallest absolute Gasteiger partial charge is 0.390 e. The van der Waals surface area contributed by atoms with E-state index >= 15 is 0 Å². The van der Waals surface area contributed by atoms with Gasteiger partial charge in [0, 0.05) is 18.8 Å². The molecular formula is C10H14NO6P. The van der Waals surface area contributed by atoms with Crippen LogP contribution < -0.4 is 0 Å². The predicted molar refractivity (Wildman–Crippen MR) is 60.5 cm³/mol. The minimum Gasteiger partial charge on any atom is -0.390 e. The lowest BCUT2D eigenvalue weighted by Gasteiger charge is -2.15. The van der Waals surface area contributed by atoms with Crippen LogP contribution in [-0.4, -0.2) is 38.7 Å². The van der Waals surface area contributed by atoms with Crippen molar-refractivity contribution in [2.24, 2.45) is 0 Å². The summed E-state index contributed by atoms with van der Waals surface area (Å²) in [7, 11) is -4.54. The maximum atomic E-state index is 10.6. The SMILES string of the molecule is O=P(O)(O)OC[C@H]1O[C@@H](c2cccnc2)C[C@@H]1O. The first kappa shape index (κ1) is 13.6. The van der Waals surface area contributed by atoms with Gasteiger partial charge >= 0.3 is 7.82 Å². The normalized spacial score (nSPS) is 28.5. The zero-order chi connectivity index (χ0) is 13.2. The fraction of sp³-hybridized carbons (Fsp3) is 0.500. The van der Waals surface area contributed by atoms with Crippen molar-refractivity contribution in [2.75, 3.05) is 6.61 Å². The van der Waals surface area contributed by atoms with Crippen molar-refractivity contribution in [3.63, 3.8) is 0 Å². The molecule has 1 aliphatic heterocycles. The molecule has 0 amide bonds. The molecule has 0 unspecified atom stereocenters. The molecule has 100 valence electrons. The van der Waals surface area contributed by atoms with E-state index in [-0.39, 0.29) is 12.7 Å². The molecule has 1 saturated heterocycles. The van der Waals surface area contributed by atoms with Crippen LogP contribution in [0, 0.1) is 0 Å². The lowest BCUT2D eigenvalue weighted by atomic mass is 10.1. The minimum atomic E-state index is -4.54. The summed E-state index contributed by atoms with van der Waals surface area (Å²) in [5, 5.41) is 9.74. The standard InChI is InChI=1S/C10H14NO6P/c12-8-4-9(7-2-1-3-11-5-7)17-10(8)6-16-18(13,14)15/h1-3,5,8-10,12H,4,6H2,(H2,13,14,15)/t8-,9+,10+/m0/s1. The van der Waals surface area contributed by atoms with E-state index in [0.717, 1.165) is 5.56 Å². The van der Waals surface area contributed by atoms with E-state index in [9.17, 15) is 9.67 Å². The Morgan fingerprint density at radius 2 is 2.33 bits per heavy atom. The second kappa shape index (κ2) is 5.44. The van der Waals surface area contributed by atoms with Crippen LogP contribution in [0.3, 0.4) is 0 Å². The fourth-order valence-corrected chi connectivity index (χ4v) is 2.17.